The molecule has 0 N–H and O–H groups in total. The lowest BCUT2D eigenvalue weighted by atomic mass is 9.98. The van der Waals surface area contributed by atoms with E-state index >= 15 is 0 Å². The molecule has 126 valence electrons. The minimum atomic E-state index is -0.566. The summed E-state index contributed by atoms with van der Waals surface area (Å²) >= 11 is 3.01. The zero-order chi connectivity index (χ0) is 15.7. The normalized spacial score (nSPS) is 33.3. The van der Waals surface area contributed by atoms with Gasteiger partial charge in [-0.25, -0.2) is 0 Å². The van der Waals surface area contributed by atoms with Crippen molar-refractivity contribution in [3.63, 3.8) is 0 Å². The molecule has 0 saturated carbocycles. The van der Waals surface area contributed by atoms with Crippen LogP contribution in [0.25, 0.3) is 0 Å². The molecule has 1 fully saturated rings. The van der Waals surface area contributed by atoms with Crippen LogP contribution in [0.3, 0.4) is 0 Å². The van der Waals surface area contributed by atoms with Crippen molar-refractivity contribution >= 4 is 16.3 Å². The predicted octanol–water partition coefficient (Wildman–Crippen LogP) is 2.29. The standard InChI is InChI=1S/C14H27BrO6/c1-5-16-9-10-11(17-6-2)12(18-7-3)13(19-8-4)14(20-10)21-15/h10-14H,5-9H2,1-4H3/t10-,11-,12+,13-,14+/m1/s1. The number of hydrogen-bond acceptors (Lipinski definition) is 6. The molecule has 5 atom stereocenters. The summed E-state index contributed by atoms with van der Waals surface area (Å²) in [6.45, 7) is 10.5. The molecule has 0 amide bonds. The van der Waals surface area contributed by atoms with Gasteiger partial charge in [0.2, 0.25) is 0 Å². The van der Waals surface area contributed by atoms with Crippen LogP contribution in [0, 0.1) is 0 Å². The van der Waals surface area contributed by atoms with E-state index in [0.29, 0.717) is 33.0 Å². The summed E-state index contributed by atoms with van der Waals surface area (Å²) in [6, 6.07) is 0. The van der Waals surface area contributed by atoms with Crippen molar-refractivity contribution in [2.24, 2.45) is 0 Å². The Kier molecular flexibility index (Phi) is 9.99. The van der Waals surface area contributed by atoms with E-state index in [0.717, 1.165) is 0 Å². The van der Waals surface area contributed by atoms with Crippen LogP contribution >= 0.6 is 16.3 Å². The molecule has 1 rings (SSSR count). The van der Waals surface area contributed by atoms with Gasteiger partial charge >= 0.3 is 0 Å². The average Bonchev–Trinajstić information content (AvgIpc) is 2.49. The maximum absolute atomic E-state index is 5.92. The molecular weight excluding hydrogens is 344 g/mol. The van der Waals surface area contributed by atoms with E-state index in [1.54, 1.807) is 0 Å². The Morgan fingerprint density at radius 3 is 1.90 bits per heavy atom. The van der Waals surface area contributed by atoms with Crippen molar-refractivity contribution in [3.05, 3.63) is 0 Å². The Morgan fingerprint density at radius 2 is 1.38 bits per heavy atom. The lowest BCUT2D eigenvalue weighted by Crippen LogP contribution is -2.61. The van der Waals surface area contributed by atoms with E-state index in [1.165, 1.54) is 0 Å². The first kappa shape index (κ1) is 19.3. The van der Waals surface area contributed by atoms with Gasteiger partial charge < -0.3 is 23.7 Å². The molecule has 21 heavy (non-hydrogen) atoms. The van der Waals surface area contributed by atoms with Gasteiger partial charge in [0.15, 0.2) is 6.29 Å². The van der Waals surface area contributed by atoms with Crippen LogP contribution in [-0.2, 0) is 27.5 Å². The second-order valence-electron chi connectivity index (χ2n) is 4.55. The van der Waals surface area contributed by atoms with Gasteiger partial charge in [0.05, 0.1) is 6.61 Å². The van der Waals surface area contributed by atoms with Crippen LogP contribution < -0.4 is 0 Å². The first-order valence-electron chi connectivity index (χ1n) is 7.58. The van der Waals surface area contributed by atoms with E-state index in [4.69, 9.17) is 27.5 Å². The number of halogens is 1. The van der Waals surface area contributed by atoms with E-state index < -0.39 is 6.29 Å². The van der Waals surface area contributed by atoms with Crippen molar-refractivity contribution in [2.45, 2.75) is 58.4 Å². The van der Waals surface area contributed by atoms with Gasteiger partial charge in [-0.15, -0.1) is 0 Å². The van der Waals surface area contributed by atoms with Gasteiger partial charge in [-0.05, 0) is 27.7 Å². The minimum Gasteiger partial charge on any atom is -0.379 e. The Balaban J connectivity index is 2.91. The second-order valence-corrected chi connectivity index (χ2v) is 4.93. The summed E-state index contributed by atoms with van der Waals surface area (Å²) in [5.74, 6) is 0. The third-order valence-electron chi connectivity index (χ3n) is 3.24. The molecular formula is C14H27BrO6. The highest BCUT2D eigenvalue weighted by Crippen LogP contribution is 2.30. The topological polar surface area (TPSA) is 55.4 Å². The van der Waals surface area contributed by atoms with Crippen molar-refractivity contribution < 1.29 is 27.5 Å². The molecule has 1 saturated heterocycles. The van der Waals surface area contributed by atoms with Crippen molar-refractivity contribution in [1.82, 2.24) is 0 Å². The zero-order valence-corrected chi connectivity index (χ0v) is 14.8. The molecule has 0 aliphatic carbocycles. The third-order valence-corrected chi connectivity index (χ3v) is 3.61. The van der Waals surface area contributed by atoms with E-state index in [-0.39, 0.29) is 24.4 Å². The lowest BCUT2D eigenvalue weighted by molar-refractivity contribution is -0.298. The number of ether oxygens (including phenoxy) is 5. The maximum atomic E-state index is 5.92. The fourth-order valence-corrected chi connectivity index (χ4v) is 2.76. The number of hydrogen-bond donors (Lipinski definition) is 0. The lowest BCUT2D eigenvalue weighted by Gasteiger charge is -2.44. The Bertz CT molecular complexity index is 268. The molecule has 0 spiro atoms. The fraction of sp³-hybridized carbons (Fsp3) is 1.00. The highest BCUT2D eigenvalue weighted by atomic mass is 79.9. The maximum Gasteiger partial charge on any atom is 0.199 e. The van der Waals surface area contributed by atoms with Crippen molar-refractivity contribution in [2.75, 3.05) is 33.0 Å². The van der Waals surface area contributed by atoms with Crippen LogP contribution in [0.15, 0.2) is 0 Å². The number of rotatable bonds is 10. The summed E-state index contributed by atoms with van der Waals surface area (Å²) in [6.07, 6.45) is -1.71. The average molecular weight is 371 g/mol. The zero-order valence-electron chi connectivity index (χ0n) is 13.2. The predicted molar refractivity (Wildman–Crippen MR) is 81.4 cm³/mol. The molecule has 0 radical (unpaired) electrons. The highest BCUT2D eigenvalue weighted by Gasteiger charge is 2.48. The largest absolute Gasteiger partial charge is 0.379 e. The molecule has 7 heteroatoms. The van der Waals surface area contributed by atoms with Crippen LogP contribution in [0.2, 0.25) is 0 Å². The molecule has 0 aromatic carbocycles. The first-order valence-corrected chi connectivity index (χ1v) is 8.23. The van der Waals surface area contributed by atoms with Gasteiger partial charge in [0.25, 0.3) is 0 Å². The van der Waals surface area contributed by atoms with E-state index in [1.807, 2.05) is 27.7 Å². The Morgan fingerprint density at radius 1 is 0.810 bits per heavy atom. The van der Waals surface area contributed by atoms with Crippen molar-refractivity contribution in [3.8, 4) is 0 Å². The quantitative estimate of drug-likeness (QED) is 0.587. The summed E-state index contributed by atoms with van der Waals surface area (Å²) < 4.78 is 34.1. The van der Waals surface area contributed by atoms with E-state index in [2.05, 4.69) is 16.3 Å². The van der Waals surface area contributed by atoms with Crippen LogP contribution in [0.4, 0.5) is 0 Å². The van der Waals surface area contributed by atoms with E-state index in [9.17, 15) is 0 Å². The molecule has 0 unspecified atom stereocenters. The smallest absolute Gasteiger partial charge is 0.199 e. The van der Waals surface area contributed by atoms with Crippen LogP contribution in [-0.4, -0.2) is 63.7 Å². The van der Waals surface area contributed by atoms with Gasteiger partial charge in [-0.2, -0.15) is 0 Å². The summed E-state index contributed by atoms with van der Waals surface area (Å²) in [7, 11) is 0. The molecule has 1 aliphatic heterocycles. The van der Waals surface area contributed by atoms with Gasteiger partial charge in [0, 0.05) is 26.4 Å². The molecule has 1 aliphatic rings. The summed E-state index contributed by atoms with van der Waals surface area (Å²) in [4.78, 5) is 0. The van der Waals surface area contributed by atoms with Crippen molar-refractivity contribution in [1.29, 1.82) is 0 Å². The molecule has 0 aromatic heterocycles. The minimum absolute atomic E-state index is 0.253. The Hall–Kier alpha value is 0.240. The van der Waals surface area contributed by atoms with Crippen LogP contribution in [0.5, 0.6) is 0 Å². The van der Waals surface area contributed by atoms with Gasteiger partial charge in [0.1, 0.15) is 40.7 Å². The fourth-order valence-electron chi connectivity index (χ4n) is 2.46. The van der Waals surface area contributed by atoms with Gasteiger partial charge in [-0.1, -0.05) is 0 Å². The molecule has 0 aromatic rings. The summed E-state index contributed by atoms with van der Waals surface area (Å²) in [5, 5.41) is 0. The molecule has 1 heterocycles. The second kappa shape index (κ2) is 10.9. The molecule has 6 nitrogen and oxygen atoms in total. The third kappa shape index (κ3) is 5.42. The van der Waals surface area contributed by atoms with Crippen LogP contribution in [0.1, 0.15) is 27.7 Å². The van der Waals surface area contributed by atoms with Gasteiger partial charge in [-0.3, -0.25) is 3.83 Å². The first-order chi connectivity index (χ1) is 10.2. The highest BCUT2D eigenvalue weighted by molar-refractivity contribution is 9.06. The monoisotopic (exact) mass is 370 g/mol. The SMILES string of the molecule is CCOC[C@H]1O[C@@H](OBr)[C@H](OCC)[C@@H](OCC)[C@@H]1OCC. The summed E-state index contributed by atoms with van der Waals surface area (Å²) in [5.41, 5.74) is 0. The molecule has 0 bridgehead atoms. The Labute approximate surface area is 135 Å².